The van der Waals surface area contributed by atoms with E-state index < -0.39 is 10.2 Å². The van der Waals surface area contributed by atoms with Gasteiger partial charge in [-0.15, -0.1) is 0 Å². The normalized spacial score (nSPS) is 12.0. The van der Waals surface area contributed by atoms with Gasteiger partial charge in [-0.05, 0) is 11.1 Å². The van der Waals surface area contributed by atoms with E-state index in [0.29, 0.717) is 6.54 Å². The van der Waals surface area contributed by atoms with Crippen LogP contribution in [0.1, 0.15) is 11.1 Å². The molecule has 84 valence electrons. The first-order valence-electron chi connectivity index (χ1n) is 4.46. The van der Waals surface area contributed by atoms with Gasteiger partial charge in [0.1, 0.15) is 0 Å². The van der Waals surface area contributed by atoms with Crippen LogP contribution in [-0.2, 0) is 23.3 Å². The van der Waals surface area contributed by atoms with Gasteiger partial charge in [-0.1, -0.05) is 24.3 Å². The SMILES string of the molecule is CN(Cc1ccccc1CN)S(N)(=O)=O. The number of benzene rings is 1. The van der Waals surface area contributed by atoms with Gasteiger partial charge < -0.3 is 5.73 Å². The van der Waals surface area contributed by atoms with E-state index in [-0.39, 0.29) is 6.54 Å². The maximum atomic E-state index is 11.0. The average Bonchev–Trinajstić information content (AvgIpc) is 2.17. The minimum absolute atomic E-state index is 0.242. The summed E-state index contributed by atoms with van der Waals surface area (Å²) < 4.78 is 23.1. The minimum atomic E-state index is -3.63. The van der Waals surface area contributed by atoms with Crippen molar-refractivity contribution in [3.63, 3.8) is 0 Å². The predicted octanol–water partition coefficient (Wildman–Crippen LogP) is -0.219. The highest BCUT2D eigenvalue weighted by molar-refractivity contribution is 7.86. The molecule has 0 saturated heterocycles. The zero-order valence-electron chi connectivity index (χ0n) is 8.55. The Morgan fingerprint density at radius 3 is 2.27 bits per heavy atom. The van der Waals surface area contributed by atoms with Crippen LogP contribution < -0.4 is 10.9 Å². The van der Waals surface area contributed by atoms with Crippen LogP contribution >= 0.6 is 0 Å². The van der Waals surface area contributed by atoms with Gasteiger partial charge in [0.2, 0.25) is 0 Å². The Morgan fingerprint density at radius 2 is 1.80 bits per heavy atom. The monoisotopic (exact) mass is 229 g/mol. The fourth-order valence-corrected chi connectivity index (χ4v) is 1.56. The van der Waals surface area contributed by atoms with Crippen molar-refractivity contribution in [3.8, 4) is 0 Å². The highest BCUT2D eigenvalue weighted by atomic mass is 32.2. The van der Waals surface area contributed by atoms with E-state index in [0.717, 1.165) is 15.4 Å². The molecule has 6 heteroatoms. The van der Waals surface area contributed by atoms with Crippen molar-refractivity contribution in [1.82, 2.24) is 4.31 Å². The molecule has 1 aromatic rings. The molecule has 0 aliphatic heterocycles. The van der Waals surface area contributed by atoms with E-state index in [1.165, 1.54) is 7.05 Å². The van der Waals surface area contributed by atoms with Crippen LogP contribution in [0.2, 0.25) is 0 Å². The van der Waals surface area contributed by atoms with Gasteiger partial charge in [-0.3, -0.25) is 0 Å². The molecule has 1 rings (SSSR count). The Kier molecular flexibility index (Phi) is 3.81. The van der Waals surface area contributed by atoms with Gasteiger partial charge in [0, 0.05) is 20.1 Å². The first kappa shape index (κ1) is 12.1. The molecule has 0 atom stereocenters. The average molecular weight is 229 g/mol. The Hall–Kier alpha value is -0.950. The van der Waals surface area contributed by atoms with Crippen LogP contribution in [0.25, 0.3) is 0 Å². The van der Waals surface area contributed by atoms with Gasteiger partial charge in [0.05, 0.1) is 0 Å². The summed E-state index contributed by atoms with van der Waals surface area (Å²) in [5.74, 6) is 0. The van der Waals surface area contributed by atoms with Crippen LogP contribution in [0.15, 0.2) is 24.3 Å². The lowest BCUT2D eigenvalue weighted by molar-refractivity contribution is 0.466. The Balaban J connectivity index is 2.90. The summed E-state index contributed by atoms with van der Waals surface area (Å²) in [5.41, 5.74) is 7.33. The Labute approximate surface area is 89.9 Å². The van der Waals surface area contributed by atoms with Crippen molar-refractivity contribution >= 4 is 10.2 Å². The first-order valence-corrected chi connectivity index (χ1v) is 5.96. The third-order valence-corrected chi connectivity index (χ3v) is 3.16. The van der Waals surface area contributed by atoms with E-state index in [2.05, 4.69) is 0 Å². The molecule has 0 saturated carbocycles. The summed E-state index contributed by atoms with van der Waals surface area (Å²) in [5, 5.41) is 4.99. The molecule has 0 aliphatic carbocycles. The molecule has 1 aromatic carbocycles. The number of nitrogens with zero attached hydrogens (tertiary/aromatic N) is 1. The molecule has 15 heavy (non-hydrogen) atoms. The second kappa shape index (κ2) is 4.71. The van der Waals surface area contributed by atoms with Gasteiger partial charge in [-0.2, -0.15) is 12.7 Å². The number of rotatable bonds is 4. The molecule has 4 N–H and O–H groups in total. The van der Waals surface area contributed by atoms with Gasteiger partial charge in [0.25, 0.3) is 10.2 Å². The number of hydrogen-bond donors (Lipinski definition) is 2. The molecule has 0 fully saturated rings. The summed E-state index contributed by atoms with van der Waals surface area (Å²) in [6.45, 7) is 0.626. The van der Waals surface area contributed by atoms with E-state index in [1.807, 2.05) is 24.3 Å². The summed E-state index contributed by atoms with van der Waals surface area (Å²) in [4.78, 5) is 0. The highest BCUT2D eigenvalue weighted by Crippen LogP contribution is 2.11. The van der Waals surface area contributed by atoms with E-state index in [4.69, 9.17) is 10.9 Å². The van der Waals surface area contributed by atoms with E-state index in [9.17, 15) is 8.42 Å². The topological polar surface area (TPSA) is 89.4 Å². The zero-order valence-corrected chi connectivity index (χ0v) is 9.37. The summed E-state index contributed by atoms with van der Waals surface area (Å²) >= 11 is 0. The van der Waals surface area contributed by atoms with Gasteiger partial charge >= 0.3 is 0 Å². The quantitative estimate of drug-likeness (QED) is 0.748. The fraction of sp³-hybridized carbons (Fsp3) is 0.333. The summed E-state index contributed by atoms with van der Waals surface area (Å²) in [7, 11) is -2.20. The standard InChI is InChI=1S/C9H15N3O2S/c1-12(15(11,13)14)7-9-5-3-2-4-8(9)6-10/h2-5H,6-7,10H2,1H3,(H2,11,13,14). The van der Waals surface area contributed by atoms with E-state index in [1.54, 1.807) is 0 Å². The Bertz CT molecular complexity index is 431. The second-order valence-corrected chi connectivity index (χ2v) is 4.93. The molecule has 0 heterocycles. The maximum absolute atomic E-state index is 11.0. The molecule has 5 nitrogen and oxygen atoms in total. The third-order valence-electron chi connectivity index (χ3n) is 2.17. The molecular formula is C9H15N3O2S. The second-order valence-electron chi connectivity index (χ2n) is 3.27. The van der Waals surface area contributed by atoms with Crippen molar-refractivity contribution in [2.45, 2.75) is 13.1 Å². The zero-order chi connectivity index (χ0) is 11.5. The lowest BCUT2D eigenvalue weighted by Gasteiger charge is -2.15. The van der Waals surface area contributed by atoms with Crippen LogP contribution in [0.5, 0.6) is 0 Å². The van der Waals surface area contributed by atoms with Gasteiger partial charge in [-0.25, -0.2) is 5.14 Å². The first-order chi connectivity index (χ1) is 6.95. The van der Waals surface area contributed by atoms with Crippen molar-refractivity contribution in [2.75, 3.05) is 7.05 Å². The largest absolute Gasteiger partial charge is 0.326 e. The van der Waals surface area contributed by atoms with Crippen LogP contribution in [0.4, 0.5) is 0 Å². The molecule has 0 bridgehead atoms. The smallest absolute Gasteiger partial charge is 0.276 e. The minimum Gasteiger partial charge on any atom is -0.326 e. The van der Waals surface area contributed by atoms with Crippen molar-refractivity contribution in [2.24, 2.45) is 10.9 Å². The fourth-order valence-electron chi connectivity index (χ4n) is 1.24. The molecule has 0 radical (unpaired) electrons. The van der Waals surface area contributed by atoms with Crippen molar-refractivity contribution < 1.29 is 8.42 Å². The van der Waals surface area contributed by atoms with Crippen molar-refractivity contribution in [3.05, 3.63) is 35.4 Å². The molecule has 0 unspecified atom stereocenters. The van der Waals surface area contributed by atoms with Crippen LogP contribution in [0.3, 0.4) is 0 Å². The van der Waals surface area contributed by atoms with Crippen molar-refractivity contribution in [1.29, 1.82) is 0 Å². The molecule has 0 aliphatic rings. The molecule has 0 spiro atoms. The maximum Gasteiger partial charge on any atom is 0.276 e. The molecule has 0 amide bonds. The van der Waals surface area contributed by atoms with Crippen LogP contribution in [0, 0.1) is 0 Å². The van der Waals surface area contributed by atoms with Crippen LogP contribution in [-0.4, -0.2) is 19.8 Å². The van der Waals surface area contributed by atoms with Gasteiger partial charge in [0.15, 0.2) is 0 Å². The lowest BCUT2D eigenvalue weighted by atomic mass is 10.1. The third kappa shape index (κ3) is 3.28. The lowest BCUT2D eigenvalue weighted by Crippen LogP contribution is -2.33. The number of nitrogens with two attached hydrogens (primary N) is 2. The molecular weight excluding hydrogens is 214 g/mol. The summed E-state index contributed by atoms with van der Waals surface area (Å²) in [6, 6.07) is 7.41. The predicted molar refractivity (Wildman–Crippen MR) is 58.9 cm³/mol. The van der Waals surface area contributed by atoms with E-state index >= 15 is 0 Å². The Morgan fingerprint density at radius 1 is 1.27 bits per heavy atom. The number of hydrogen-bond acceptors (Lipinski definition) is 3. The highest BCUT2D eigenvalue weighted by Gasteiger charge is 2.13. The summed E-state index contributed by atoms with van der Waals surface area (Å²) in [6.07, 6.45) is 0. The molecule has 0 aromatic heterocycles.